The summed E-state index contributed by atoms with van der Waals surface area (Å²) in [6.45, 7) is 3.09. The van der Waals surface area contributed by atoms with E-state index >= 15 is 0 Å². The second-order valence-corrected chi connectivity index (χ2v) is 5.31. The highest BCUT2D eigenvalue weighted by Crippen LogP contribution is 2.19. The maximum Gasteiger partial charge on any atom is 0.254 e. The normalized spacial score (nSPS) is 14.1. The number of pyridine rings is 1. The summed E-state index contributed by atoms with van der Waals surface area (Å²) in [6, 6.07) is 12.9. The van der Waals surface area contributed by atoms with Gasteiger partial charge in [0.1, 0.15) is 12.2 Å². The van der Waals surface area contributed by atoms with E-state index in [4.69, 9.17) is 10.00 Å². The molecule has 3 rings (SSSR count). The zero-order valence-electron chi connectivity index (χ0n) is 12.2. The summed E-state index contributed by atoms with van der Waals surface area (Å²) < 4.78 is 5.67. The molecule has 0 N–H and O–H groups in total. The lowest BCUT2D eigenvalue weighted by Crippen LogP contribution is -2.56. The number of aromatic nitrogens is 1. The highest BCUT2D eigenvalue weighted by molar-refractivity contribution is 5.94. The van der Waals surface area contributed by atoms with E-state index in [1.54, 1.807) is 17.0 Å². The fourth-order valence-corrected chi connectivity index (χ4v) is 2.24. The van der Waals surface area contributed by atoms with Gasteiger partial charge in [-0.3, -0.25) is 4.79 Å². The molecule has 1 amide bonds. The van der Waals surface area contributed by atoms with Crippen molar-refractivity contribution in [3.8, 4) is 11.9 Å². The number of carbonyl (C=O) groups excluding carboxylic acids is 1. The zero-order chi connectivity index (χ0) is 15.5. The van der Waals surface area contributed by atoms with Gasteiger partial charge in [-0.15, -0.1) is 0 Å². The van der Waals surface area contributed by atoms with Crippen LogP contribution in [-0.4, -0.2) is 35.0 Å². The smallest absolute Gasteiger partial charge is 0.254 e. The van der Waals surface area contributed by atoms with Crippen molar-refractivity contribution in [3.05, 3.63) is 59.3 Å². The van der Waals surface area contributed by atoms with Crippen molar-refractivity contribution in [2.45, 2.75) is 13.0 Å². The molecule has 22 heavy (non-hydrogen) atoms. The number of aryl methyl sites for hydroxylation is 1. The van der Waals surface area contributed by atoms with Crippen molar-refractivity contribution < 1.29 is 9.53 Å². The van der Waals surface area contributed by atoms with Gasteiger partial charge in [0.15, 0.2) is 0 Å². The van der Waals surface area contributed by atoms with Gasteiger partial charge < -0.3 is 9.64 Å². The predicted molar refractivity (Wildman–Crippen MR) is 80.5 cm³/mol. The largest absolute Gasteiger partial charge is 0.471 e. The standard InChI is InChI=1S/C17H15N3O2/c1-12-2-5-14(6-3-12)17(21)20-10-15(11-20)22-16-7-4-13(8-18)9-19-16/h2-7,9,15H,10-11H2,1H3. The van der Waals surface area contributed by atoms with Crippen molar-refractivity contribution in [1.82, 2.24) is 9.88 Å². The molecule has 1 aromatic heterocycles. The van der Waals surface area contributed by atoms with Crippen molar-refractivity contribution >= 4 is 5.91 Å². The molecule has 1 saturated heterocycles. The van der Waals surface area contributed by atoms with Gasteiger partial charge in [-0.1, -0.05) is 17.7 Å². The monoisotopic (exact) mass is 293 g/mol. The molecular weight excluding hydrogens is 278 g/mol. The Balaban J connectivity index is 1.54. The average molecular weight is 293 g/mol. The summed E-state index contributed by atoms with van der Waals surface area (Å²) in [5, 5.41) is 8.71. The van der Waals surface area contributed by atoms with Gasteiger partial charge in [-0.25, -0.2) is 4.98 Å². The SMILES string of the molecule is Cc1ccc(C(=O)N2CC(Oc3ccc(C#N)cn3)C2)cc1. The van der Waals surface area contributed by atoms with Crippen LogP contribution in [0.1, 0.15) is 21.5 Å². The van der Waals surface area contributed by atoms with Crippen LogP contribution in [0.3, 0.4) is 0 Å². The summed E-state index contributed by atoms with van der Waals surface area (Å²) in [4.78, 5) is 18.0. The molecule has 0 saturated carbocycles. The number of hydrogen-bond donors (Lipinski definition) is 0. The van der Waals surface area contributed by atoms with Crippen LogP contribution >= 0.6 is 0 Å². The first-order chi connectivity index (χ1) is 10.7. The highest BCUT2D eigenvalue weighted by Gasteiger charge is 2.32. The summed E-state index contributed by atoms with van der Waals surface area (Å²) >= 11 is 0. The van der Waals surface area contributed by atoms with Gasteiger partial charge in [0.25, 0.3) is 5.91 Å². The molecule has 0 radical (unpaired) electrons. The maximum atomic E-state index is 12.2. The minimum absolute atomic E-state index is 0.0210. The number of carbonyl (C=O) groups is 1. The summed E-state index contributed by atoms with van der Waals surface area (Å²) in [5.74, 6) is 0.499. The number of nitriles is 1. The van der Waals surface area contributed by atoms with E-state index in [1.165, 1.54) is 6.20 Å². The Hall–Kier alpha value is -2.87. The Morgan fingerprint density at radius 2 is 2.00 bits per heavy atom. The lowest BCUT2D eigenvalue weighted by molar-refractivity contribution is 0.0160. The Bertz CT molecular complexity index is 711. The third-order valence-corrected chi connectivity index (χ3v) is 3.59. The van der Waals surface area contributed by atoms with Crippen LogP contribution in [0, 0.1) is 18.3 Å². The maximum absolute atomic E-state index is 12.2. The summed E-state index contributed by atoms with van der Waals surface area (Å²) in [5.41, 5.74) is 2.32. The number of nitrogens with zero attached hydrogens (tertiary/aromatic N) is 3. The van der Waals surface area contributed by atoms with Gasteiger partial charge in [0.05, 0.1) is 18.7 Å². The van der Waals surface area contributed by atoms with Crippen LogP contribution in [0.2, 0.25) is 0 Å². The zero-order valence-corrected chi connectivity index (χ0v) is 12.2. The van der Waals surface area contributed by atoms with E-state index in [1.807, 2.05) is 37.3 Å². The molecule has 2 heterocycles. The third kappa shape index (κ3) is 2.91. The molecular formula is C17H15N3O2. The minimum Gasteiger partial charge on any atom is -0.471 e. The molecule has 2 aromatic rings. The molecule has 0 unspecified atom stereocenters. The first kappa shape index (κ1) is 14.1. The molecule has 1 fully saturated rings. The Labute approximate surface area is 128 Å². The molecule has 1 aliphatic heterocycles. The second kappa shape index (κ2) is 5.86. The van der Waals surface area contributed by atoms with Crippen LogP contribution in [0.25, 0.3) is 0 Å². The van der Waals surface area contributed by atoms with E-state index in [9.17, 15) is 4.79 Å². The number of likely N-dealkylation sites (tertiary alicyclic amines) is 1. The molecule has 1 aliphatic rings. The summed E-state index contributed by atoms with van der Waals surface area (Å²) in [7, 11) is 0. The Morgan fingerprint density at radius 1 is 1.27 bits per heavy atom. The van der Waals surface area contributed by atoms with Gasteiger partial charge in [0, 0.05) is 17.8 Å². The molecule has 0 aliphatic carbocycles. The quantitative estimate of drug-likeness (QED) is 0.870. The first-order valence-electron chi connectivity index (χ1n) is 7.04. The van der Waals surface area contributed by atoms with E-state index in [-0.39, 0.29) is 12.0 Å². The lowest BCUT2D eigenvalue weighted by Gasteiger charge is -2.38. The Morgan fingerprint density at radius 3 is 2.59 bits per heavy atom. The number of rotatable bonds is 3. The van der Waals surface area contributed by atoms with Crippen LogP contribution in [0.5, 0.6) is 5.88 Å². The lowest BCUT2D eigenvalue weighted by atomic mass is 10.1. The first-order valence-corrected chi connectivity index (χ1v) is 7.04. The van der Waals surface area contributed by atoms with Crippen molar-refractivity contribution in [2.75, 3.05) is 13.1 Å². The topological polar surface area (TPSA) is 66.2 Å². The van der Waals surface area contributed by atoms with E-state index < -0.39 is 0 Å². The van der Waals surface area contributed by atoms with Crippen molar-refractivity contribution in [3.63, 3.8) is 0 Å². The fourth-order valence-electron chi connectivity index (χ4n) is 2.24. The molecule has 0 atom stereocenters. The van der Waals surface area contributed by atoms with Gasteiger partial charge in [0.2, 0.25) is 5.88 Å². The van der Waals surface area contributed by atoms with Gasteiger partial charge in [-0.2, -0.15) is 5.26 Å². The fraction of sp³-hybridized carbons (Fsp3) is 0.235. The molecule has 1 aromatic carbocycles. The number of hydrogen-bond acceptors (Lipinski definition) is 4. The van der Waals surface area contributed by atoms with E-state index in [0.29, 0.717) is 30.1 Å². The van der Waals surface area contributed by atoms with E-state index in [0.717, 1.165) is 5.56 Å². The predicted octanol–water partition coefficient (Wildman–Crippen LogP) is 2.17. The molecule has 0 bridgehead atoms. The number of ether oxygens (including phenoxy) is 1. The van der Waals surface area contributed by atoms with Crippen LogP contribution in [-0.2, 0) is 0 Å². The van der Waals surface area contributed by atoms with Crippen LogP contribution in [0.4, 0.5) is 0 Å². The van der Waals surface area contributed by atoms with Crippen molar-refractivity contribution in [1.29, 1.82) is 5.26 Å². The average Bonchev–Trinajstić information content (AvgIpc) is 2.51. The third-order valence-electron chi connectivity index (χ3n) is 3.59. The second-order valence-electron chi connectivity index (χ2n) is 5.31. The number of benzene rings is 1. The highest BCUT2D eigenvalue weighted by atomic mass is 16.5. The van der Waals surface area contributed by atoms with Crippen molar-refractivity contribution in [2.24, 2.45) is 0 Å². The number of amides is 1. The van der Waals surface area contributed by atoms with Gasteiger partial charge in [-0.05, 0) is 25.1 Å². The van der Waals surface area contributed by atoms with E-state index in [2.05, 4.69) is 4.98 Å². The van der Waals surface area contributed by atoms with Crippen LogP contribution in [0.15, 0.2) is 42.6 Å². The molecule has 5 nitrogen and oxygen atoms in total. The minimum atomic E-state index is -0.0464. The molecule has 0 spiro atoms. The molecule has 5 heteroatoms. The van der Waals surface area contributed by atoms with Gasteiger partial charge >= 0.3 is 0 Å². The molecule has 110 valence electrons. The summed E-state index contributed by atoms with van der Waals surface area (Å²) in [6.07, 6.45) is 1.43. The Kier molecular flexibility index (Phi) is 3.75. The van der Waals surface area contributed by atoms with Crippen LogP contribution < -0.4 is 4.74 Å².